The van der Waals surface area contributed by atoms with Crippen LogP contribution in [-0.2, 0) is 28.7 Å². The Bertz CT molecular complexity index is 1070. The minimum absolute atomic E-state index is 0.183. The van der Waals surface area contributed by atoms with Gasteiger partial charge in [0.15, 0.2) is 5.76 Å². The zero-order valence-corrected chi connectivity index (χ0v) is 18.9. The summed E-state index contributed by atoms with van der Waals surface area (Å²) in [6, 6.07) is 16.1. The maximum atomic E-state index is 12.4. The normalized spacial score (nSPS) is 11.7. The van der Waals surface area contributed by atoms with Crippen molar-refractivity contribution in [1.29, 1.82) is 0 Å². The zero-order valence-electron chi connectivity index (χ0n) is 17.4. The molecule has 0 spiro atoms. The first-order valence-electron chi connectivity index (χ1n) is 9.66. The molecule has 2 aromatic carbocycles. The van der Waals surface area contributed by atoms with E-state index in [-0.39, 0.29) is 17.4 Å². The van der Waals surface area contributed by atoms with Crippen LogP contribution in [0.15, 0.2) is 59.0 Å². The maximum absolute atomic E-state index is 12.4. The van der Waals surface area contributed by atoms with Gasteiger partial charge in [-0.15, -0.1) is 0 Å². The smallest absolute Gasteiger partial charge is 0.287 e. The van der Waals surface area contributed by atoms with Crippen LogP contribution in [0.2, 0.25) is 5.02 Å². The number of amides is 1. The Balaban J connectivity index is 1.52. The van der Waals surface area contributed by atoms with Gasteiger partial charge in [-0.05, 0) is 53.9 Å². The Morgan fingerprint density at radius 1 is 1.03 bits per heavy atom. The molecule has 0 saturated carbocycles. The van der Waals surface area contributed by atoms with Crippen molar-refractivity contribution in [2.24, 2.45) is 0 Å². The van der Waals surface area contributed by atoms with Crippen molar-refractivity contribution in [3.8, 4) is 11.5 Å². The van der Waals surface area contributed by atoms with Crippen molar-refractivity contribution in [2.45, 2.75) is 17.9 Å². The molecular weight excluding hydrogens is 438 g/mol. The molecule has 3 aromatic rings. The molecule has 6 nitrogen and oxygen atoms in total. The summed E-state index contributed by atoms with van der Waals surface area (Å²) in [5, 5.41) is 3.41. The number of halogens is 1. The summed E-state index contributed by atoms with van der Waals surface area (Å²) >= 11 is 6.12. The molecule has 0 bridgehead atoms. The zero-order chi connectivity index (χ0) is 22.2. The SMILES string of the molecule is COc1ccc(OC)c(CCNC(=O)c2ccc(C[S@](=O)Cc3ccccc3Cl)o2)c1. The number of hydrogen-bond donors (Lipinski definition) is 1. The second-order valence-electron chi connectivity index (χ2n) is 6.77. The molecule has 8 heteroatoms. The van der Waals surface area contributed by atoms with Crippen molar-refractivity contribution < 1.29 is 22.9 Å². The molecule has 0 saturated heterocycles. The number of hydrogen-bond acceptors (Lipinski definition) is 5. The molecule has 1 N–H and O–H groups in total. The highest BCUT2D eigenvalue weighted by Crippen LogP contribution is 2.24. The van der Waals surface area contributed by atoms with E-state index in [1.165, 1.54) is 0 Å². The predicted molar refractivity (Wildman–Crippen MR) is 121 cm³/mol. The lowest BCUT2D eigenvalue weighted by molar-refractivity contribution is 0.0925. The Morgan fingerprint density at radius 3 is 2.58 bits per heavy atom. The van der Waals surface area contributed by atoms with Crippen LogP contribution in [0.25, 0.3) is 0 Å². The topological polar surface area (TPSA) is 77.8 Å². The fraction of sp³-hybridized carbons (Fsp3) is 0.261. The number of ether oxygens (including phenoxy) is 2. The van der Waals surface area contributed by atoms with E-state index in [9.17, 15) is 9.00 Å². The number of carbonyl (C=O) groups is 1. The second kappa shape index (κ2) is 11.0. The maximum Gasteiger partial charge on any atom is 0.287 e. The van der Waals surface area contributed by atoms with Crippen LogP contribution in [0.1, 0.15) is 27.4 Å². The Kier molecular flexibility index (Phi) is 8.14. The van der Waals surface area contributed by atoms with Crippen LogP contribution in [0.3, 0.4) is 0 Å². The highest BCUT2D eigenvalue weighted by molar-refractivity contribution is 7.83. The number of carbonyl (C=O) groups excluding carboxylic acids is 1. The summed E-state index contributed by atoms with van der Waals surface area (Å²) < 4.78 is 28.6. The molecule has 0 radical (unpaired) electrons. The highest BCUT2D eigenvalue weighted by Gasteiger charge is 2.14. The number of benzene rings is 2. The average Bonchev–Trinajstić information content (AvgIpc) is 3.23. The second-order valence-corrected chi connectivity index (χ2v) is 8.63. The van der Waals surface area contributed by atoms with E-state index in [0.717, 1.165) is 22.6 Å². The molecular formula is C23H24ClNO5S. The molecule has 0 unspecified atom stereocenters. The summed E-state index contributed by atoms with van der Waals surface area (Å²) in [6.45, 7) is 0.400. The predicted octanol–water partition coefficient (Wildman–Crippen LogP) is 4.37. The first-order chi connectivity index (χ1) is 15.0. The minimum Gasteiger partial charge on any atom is -0.497 e. The first-order valence-corrected chi connectivity index (χ1v) is 11.5. The fourth-order valence-corrected chi connectivity index (χ4v) is 4.51. The number of nitrogens with one attached hydrogen (secondary N) is 1. The van der Waals surface area contributed by atoms with Crippen LogP contribution in [-0.4, -0.2) is 30.9 Å². The highest BCUT2D eigenvalue weighted by atomic mass is 35.5. The first kappa shape index (κ1) is 22.9. The van der Waals surface area contributed by atoms with Gasteiger partial charge in [0.2, 0.25) is 0 Å². The van der Waals surface area contributed by atoms with E-state index in [4.69, 9.17) is 25.5 Å². The van der Waals surface area contributed by atoms with E-state index >= 15 is 0 Å². The molecule has 3 rings (SSSR count). The Hall–Kier alpha value is -2.77. The van der Waals surface area contributed by atoms with Crippen LogP contribution in [0, 0.1) is 0 Å². The van der Waals surface area contributed by atoms with E-state index in [1.807, 2.05) is 36.4 Å². The van der Waals surface area contributed by atoms with Gasteiger partial charge >= 0.3 is 0 Å². The van der Waals surface area contributed by atoms with Crippen molar-refractivity contribution in [1.82, 2.24) is 5.32 Å². The van der Waals surface area contributed by atoms with Crippen molar-refractivity contribution in [3.05, 3.63) is 82.3 Å². The molecule has 1 heterocycles. The summed E-state index contributed by atoms with van der Waals surface area (Å²) in [7, 11) is 2.00. The molecule has 0 aliphatic carbocycles. The molecule has 0 aliphatic rings. The standard InChI is InChI=1S/C23H24ClNO5S/c1-28-18-7-9-21(29-2)16(13-18)11-12-25-23(26)22-10-8-19(30-22)15-31(27)14-17-5-3-4-6-20(17)24/h3-10,13H,11-12,14-15H2,1-2H3,(H,25,26)/t31-/m1/s1. The summed E-state index contributed by atoms with van der Waals surface area (Å²) in [6.07, 6.45) is 0.571. The van der Waals surface area contributed by atoms with Gasteiger partial charge in [0.05, 0.1) is 25.7 Å². The largest absolute Gasteiger partial charge is 0.497 e. The molecule has 1 aromatic heterocycles. The molecule has 31 heavy (non-hydrogen) atoms. The molecule has 0 fully saturated rings. The van der Waals surface area contributed by atoms with Crippen LogP contribution < -0.4 is 14.8 Å². The van der Waals surface area contributed by atoms with E-state index in [0.29, 0.717) is 29.5 Å². The van der Waals surface area contributed by atoms with Crippen molar-refractivity contribution in [3.63, 3.8) is 0 Å². The van der Waals surface area contributed by atoms with Gasteiger partial charge in [0.1, 0.15) is 17.3 Å². The summed E-state index contributed by atoms with van der Waals surface area (Å²) in [5.41, 5.74) is 1.75. The molecule has 1 amide bonds. The van der Waals surface area contributed by atoms with E-state index in [1.54, 1.807) is 32.4 Å². The van der Waals surface area contributed by atoms with Crippen molar-refractivity contribution in [2.75, 3.05) is 20.8 Å². The third kappa shape index (κ3) is 6.35. The van der Waals surface area contributed by atoms with Gasteiger partial charge in [0, 0.05) is 22.4 Å². The van der Waals surface area contributed by atoms with Gasteiger partial charge in [-0.1, -0.05) is 29.8 Å². The third-order valence-corrected chi connectivity index (χ3v) is 6.24. The number of methoxy groups -OCH3 is 2. The number of furan rings is 1. The Morgan fingerprint density at radius 2 is 1.84 bits per heavy atom. The van der Waals surface area contributed by atoms with Gasteiger partial charge in [-0.3, -0.25) is 9.00 Å². The lowest BCUT2D eigenvalue weighted by Crippen LogP contribution is -2.25. The lowest BCUT2D eigenvalue weighted by Gasteiger charge is -2.10. The van der Waals surface area contributed by atoms with Crippen LogP contribution in [0.4, 0.5) is 0 Å². The van der Waals surface area contributed by atoms with Gasteiger partial charge in [-0.25, -0.2) is 0 Å². The minimum atomic E-state index is -1.21. The Labute approximate surface area is 189 Å². The fourth-order valence-electron chi connectivity index (χ4n) is 3.05. The molecule has 0 aliphatic heterocycles. The molecule has 164 valence electrons. The quantitative estimate of drug-likeness (QED) is 0.485. The summed E-state index contributed by atoms with van der Waals surface area (Å²) in [4.78, 5) is 12.4. The van der Waals surface area contributed by atoms with Gasteiger partial charge in [-0.2, -0.15) is 0 Å². The third-order valence-electron chi connectivity index (χ3n) is 4.63. The van der Waals surface area contributed by atoms with Gasteiger partial charge < -0.3 is 19.2 Å². The van der Waals surface area contributed by atoms with E-state index < -0.39 is 10.8 Å². The van der Waals surface area contributed by atoms with Crippen LogP contribution in [0.5, 0.6) is 11.5 Å². The van der Waals surface area contributed by atoms with E-state index in [2.05, 4.69) is 5.32 Å². The monoisotopic (exact) mass is 461 g/mol. The van der Waals surface area contributed by atoms with Gasteiger partial charge in [0.25, 0.3) is 5.91 Å². The average molecular weight is 462 g/mol. The lowest BCUT2D eigenvalue weighted by atomic mass is 10.1. The summed E-state index contributed by atoms with van der Waals surface area (Å²) in [5.74, 6) is 2.33. The van der Waals surface area contributed by atoms with Crippen molar-refractivity contribution >= 4 is 28.3 Å². The molecule has 1 atom stereocenters. The number of rotatable bonds is 10. The van der Waals surface area contributed by atoms with Crippen LogP contribution >= 0.6 is 11.6 Å².